The smallest absolute Gasteiger partial charge is 0.259 e. The molecule has 180 valence electrons. The summed E-state index contributed by atoms with van der Waals surface area (Å²) in [6.07, 6.45) is 0. The minimum Gasteiger partial charge on any atom is -0.507 e. The molecular weight excluding hydrogens is 440 g/mol. The third-order valence-corrected chi connectivity index (χ3v) is 6.37. The average Bonchev–Trinajstić information content (AvgIpc) is 2.83. The largest absolute Gasteiger partial charge is 0.507 e. The molecule has 1 aromatic heterocycles. The molecule has 0 spiro atoms. The number of rotatable bonds is 7. The number of methoxy groups -OCH3 is 1. The fourth-order valence-electron chi connectivity index (χ4n) is 4.62. The van der Waals surface area contributed by atoms with Gasteiger partial charge in [0.15, 0.2) is 0 Å². The first-order chi connectivity index (χ1) is 16.4. The fraction of sp³-hybridized carbons (Fsp3) is 0.346. The van der Waals surface area contributed by atoms with Crippen molar-refractivity contribution in [2.45, 2.75) is 19.5 Å². The van der Waals surface area contributed by atoms with Crippen LogP contribution in [-0.4, -0.2) is 54.5 Å². The molecule has 3 aromatic rings. The van der Waals surface area contributed by atoms with Crippen LogP contribution in [0.5, 0.6) is 5.75 Å². The van der Waals surface area contributed by atoms with Crippen molar-refractivity contribution < 1.29 is 18.6 Å². The number of benzene rings is 2. The average molecular weight is 470 g/mol. The van der Waals surface area contributed by atoms with Gasteiger partial charge in [0.25, 0.3) is 5.56 Å². The summed E-state index contributed by atoms with van der Waals surface area (Å²) in [7, 11) is 1.57. The normalized spacial score (nSPS) is 15.5. The van der Waals surface area contributed by atoms with E-state index in [4.69, 9.17) is 4.74 Å². The third-order valence-electron chi connectivity index (χ3n) is 6.37. The maximum Gasteiger partial charge on any atom is 0.259 e. The summed E-state index contributed by atoms with van der Waals surface area (Å²) in [6, 6.07) is 13.7. The number of ether oxygens (including phenoxy) is 1. The molecule has 2 aromatic carbocycles. The van der Waals surface area contributed by atoms with E-state index in [0.29, 0.717) is 56.3 Å². The van der Waals surface area contributed by atoms with Gasteiger partial charge in [0.1, 0.15) is 17.4 Å². The van der Waals surface area contributed by atoms with Gasteiger partial charge in [0, 0.05) is 45.5 Å². The van der Waals surface area contributed by atoms with E-state index in [0.717, 1.165) is 0 Å². The molecule has 6 nitrogen and oxygen atoms in total. The topological polar surface area (TPSA) is 57.9 Å². The second-order valence-corrected chi connectivity index (χ2v) is 8.46. The number of anilines is 1. The molecule has 34 heavy (non-hydrogen) atoms. The van der Waals surface area contributed by atoms with E-state index in [-0.39, 0.29) is 28.5 Å². The van der Waals surface area contributed by atoms with E-state index in [2.05, 4.69) is 4.90 Å². The number of piperazine rings is 1. The summed E-state index contributed by atoms with van der Waals surface area (Å²) in [6.45, 7) is 4.62. The molecule has 0 saturated carbocycles. The zero-order valence-corrected chi connectivity index (χ0v) is 19.4. The van der Waals surface area contributed by atoms with Gasteiger partial charge >= 0.3 is 0 Å². The maximum atomic E-state index is 14.3. The summed E-state index contributed by atoms with van der Waals surface area (Å²) in [5.74, 6) is -0.747. The van der Waals surface area contributed by atoms with E-state index in [1.807, 2.05) is 4.90 Å². The summed E-state index contributed by atoms with van der Waals surface area (Å²) in [5.41, 5.74) is 1.81. The predicted molar refractivity (Wildman–Crippen MR) is 127 cm³/mol. The quantitative estimate of drug-likeness (QED) is 0.572. The number of hydrogen-bond acceptors (Lipinski definition) is 5. The number of aryl methyl sites for hydroxylation is 1. The zero-order chi connectivity index (χ0) is 24.2. The molecule has 0 unspecified atom stereocenters. The lowest BCUT2D eigenvalue weighted by molar-refractivity contribution is 0.183. The minimum atomic E-state index is -0.578. The van der Waals surface area contributed by atoms with Crippen molar-refractivity contribution in [3.05, 3.63) is 93.4 Å². The van der Waals surface area contributed by atoms with Gasteiger partial charge in [0.2, 0.25) is 0 Å². The van der Waals surface area contributed by atoms with Gasteiger partial charge < -0.3 is 19.3 Å². The minimum absolute atomic E-state index is 0.0953. The van der Waals surface area contributed by atoms with Gasteiger partial charge in [-0.2, -0.15) is 0 Å². The van der Waals surface area contributed by atoms with Crippen LogP contribution >= 0.6 is 0 Å². The first-order valence-electron chi connectivity index (χ1n) is 11.3. The van der Waals surface area contributed by atoms with Crippen molar-refractivity contribution in [3.63, 3.8) is 0 Å². The summed E-state index contributed by atoms with van der Waals surface area (Å²) >= 11 is 0. The van der Waals surface area contributed by atoms with Crippen LogP contribution in [-0.2, 0) is 11.3 Å². The van der Waals surface area contributed by atoms with Crippen molar-refractivity contribution in [3.8, 4) is 5.75 Å². The number of nitrogens with zero attached hydrogens (tertiary/aromatic N) is 3. The second-order valence-electron chi connectivity index (χ2n) is 8.46. The maximum absolute atomic E-state index is 14.3. The lowest BCUT2D eigenvalue weighted by atomic mass is 9.96. The van der Waals surface area contributed by atoms with Crippen molar-refractivity contribution in [2.24, 2.45) is 0 Å². The Bertz CT molecular complexity index is 1190. The Balaban J connectivity index is 1.72. The van der Waals surface area contributed by atoms with Crippen LogP contribution in [0.25, 0.3) is 0 Å². The van der Waals surface area contributed by atoms with Gasteiger partial charge in [0.05, 0.1) is 23.9 Å². The van der Waals surface area contributed by atoms with Crippen molar-refractivity contribution in [1.82, 2.24) is 9.47 Å². The van der Waals surface area contributed by atoms with Crippen molar-refractivity contribution in [2.75, 3.05) is 44.8 Å². The molecule has 1 aliphatic heterocycles. The van der Waals surface area contributed by atoms with E-state index in [9.17, 15) is 18.7 Å². The van der Waals surface area contributed by atoms with E-state index in [1.54, 1.807) is 55.0 Å². The number of aromatic hydroxyl groups is 1. The summed E-state index contributed by atoms with van der Waals surface area (Å²) in [5, 5.41) is 10.9. The Labute approximate surface area is 197 Å². The summed E-state index contributed by atoms with van der Waals surface area (Å²) in [4.78, 5) is 17.6. The Morgan fingerprint density at radius 2 is 1.71 bits per heavy atom. The van der Waals surface area contributed by atoms with E-state index < -0.39 is 6.04 Å². The molecule has 0 radical (unpaired) electrons. The lowest BCUT2D eigenvalue weighted by Crippen LogP contribution is -2.49. The Kier molecular flexibility index (Phi) is 7.29. The highest BCUT2D eigenvalue weighted by atomic mass is 19.1. The lowest BCUT2D eigenvalue weighted by Gasteiger charge is -2.40. The standard InChI is InChI=1S/C26H29F2N3O3/c1-18-17-23(32)24(26(33)31(18)15-16-34-2)25(19-7-9-20(27)10-8-19)30-13-11-29(12-14-30)22-6-4-3-5-21(22)28/h3-10,17,25,32H,11-16H2,1-2H3/t25-/m0/s1. The molecule has 8 heteroatoms. The SMILES string of the molecule is COCCn1c(C)cc(O)c([C@H](c2ccc(F)cc2)N2CCN(c3ccccc3F)CC2)c1=O. The molecule has 1 saturated heterocycles. The highest BCUT2D eigenvalue weighted by Crippen LogP contribution is 2.34. The van der Waals surface area contributed by atoms with Crippen LogP contribution in [0.1, 0.15) is 22.9 Å². The molecule has 1 N–H and O–H groups in total. The number of halogens is 2. The second kappa shape index (κ2) is 10.4. The molecule has 1 atom stereocenters. The van der Waals surface area contributed by atoms with Crippen LogP contribution in [0.3, 0.4) is 0 Å². The molecule has 0 amide bonds. The van der Waals surface area contributed by atoms with Crippen LogP contribution < -0.4 is 10.5 Å². The Morgan fingerprint density at radius 3 is 2.35 bits per heavy atom. The molecule has 1 aliphatic rings. The van der Waals surface area contributed by atoms with Gasteiger partial charge in [-0.25, -0.2) is 8.78 Å². The third kappa shape index (κ3) is 4.83. The van der Waals surface area contributed by atoms with Crippen molar-refractivity contribution in [1.29, 1.82) is 0 Å². The number of aromatic nitrogens is 1. The van der Waals surface area contributed by atoms with Crippen LogP contribution in [0.2, 0.25) is 0 Å². The molecule has 4 rings (SSSR count). The van der Waals surface area contributed by atoms with Crippen LogP contribution in [0.15, 0.2) is 59.4 Å². The molecule has 2 heterocycles. The molecular formula is C26H29F2N3O3. The predicted octanol–water partition coefficient (Wildman–Crippen LogP) is 3.70. The van der Waals surface area contributed by atoms with Crippen LogP contribution in [0.4, 0.5) is 14.5 Å². The molecule has 0 aliphatic carbocycles. The highest BCUT2D eigenvalue weighted by Gasteiger charge is 2.32. The first kappa shape index (κ1) is 23.9. The molecule has 1 fully saturated rings. The van der Waals surface area contributed by atoms with Crippen molar-refractivity contribution >= 4 is 5.69 Å². The fourth-order valence-corrected chi connectivity index (χ4v) is 4.62. The van der Waals surface area contributed by atoms with Gasteiger partial charge in [-0.15, -0.1) is 0 Å². The van der Waals surface area contributed by atoms with Gasteiger partial charge in [-0.05, 0) is 42.8 Å². The monoisotopic (exact) mass is 469 g/mol. The Hall–Kier alpha value is -3.23. The number of pyridine rings is 1. The van der Waals surface area contributed by atoms with Gasteiger partial charge in [-0.1, -0.05) is 24.3 Å². The molecule has 0 bridgehead atoms. The number of para-hydroxylation sites is 1. The first-order valence-corrected chi connectivity index (χ1v) is 11.3. The van der Waals surface area contributed by atoms with Crippen LogP contribution in [0, 0.1) is 18.6 Å². The van der Waals surface area contributed by atoms with Gasteiger partial charge in [-0.3, -0.25) is 9.69 Å². The zero-order valence-electron chi connectivity index (χ0n) is 19.4. The van der Waals surface area contributed by atoms with E-state index >= 15 is 0 Å². The van der Waals surface area contributed by atoms with E-state index in [1.165, 1.54) is 18.2 Å². The summed E-state index contributed by atoms with van der Waals surface area (Å²) < 4.78 is 34.8. The number of hydrogen-bond donors (Lipinski definition) is 1. The highest BCUT2D eigenvalue weighted by molar-refractivity contribution is 5.48. The Morgan fingerprint density at radius 1 is 1.03 bits per heavy atom.